The van der Waals surface area contributed by atoms with Gasteiger partial charge in [0.1, 0.15) is 17.9 Å². The van der Waals surface area contributed by atoms with Gasteiger partial charge in [-0.15, -0.1) is 0 Å². The quantitative estimate of drug-likeness (QED) is 0.720. The molecule has 1 fully saturated rings. The summed E-state index contributed by atoms with van der Waals surface area (Å²) < 4.78 is 5.68. The second-order valence-electron chi connectivity index (χ2n) is 4.46. The van der Waals surface area contributed by atoms with Crippen LogP contribution in [0.25, 0.3) is 0 Å². The van der Waals surface area contributed by atoms with Crippen molar-refractivity contribution < 1.29 is 24.5 Å². The molecule has 0 bridgehead atoms. The minimum atomic E-state index is -1.05. The number of aliphatic carboxylic acids is 2. The van der Waals surface area contributed by atoms with Gasteiger partial charge in [-0.25, -0.2) is 0 Å². The largest absolute Gasteiger partial charge is 0.489 e. The summed E-state index contributed by atoms with van der Waals surface area (Å²) in [5.74, 6) is -2.06. The monoisotopic (exact) mass is 265 g/mol. The lowest BCUT2D eigenvalue weighted by atomic mass is 9.94. The molecule has 1 saturated heterocycles. The van der Waals surface area contributed by atoms with Crippen molar-refractivity contribution in [2.75, 3.05) is 6.54 Å². The van der Waals surface area contributed by atoms with Crippen LogP contribution in [0.3, 0.4) is 0 Å². The third-order valence-electron chi connectivity index (χ3n) is 3.15. The van der Waals surface area contributed by atoms with E-state index in [1.807, 2.05) is 6.07 Å². The SMILES string of the molecule is O=C(O)C[C@H]1C(Oc2ccccc2)CN[C@@H]1C(=O)O. The Hall–Kier alpha value is -2.08. The number of para-hydroxylation sites is 1. The third-order valence-corrected chi connectivity index (χ3v) is 3.15. The van der Waals surface area contributed by atoms with E-state index in [4.69, 9.17) is 14.9 Å². The van der Waals surface area contributed by atoms with Gasteiger partial charge in [-0.3, -0.25) is 9.59 Å². The molecular weight excluding hydrogens is 250 g/mol. The maximum atomic E-state index is 11.1. The van der Waals surface area contributed by atoms with Gasteiger partial charge in [0.05, 0.1) is 6.42 Å². The Morgan fingerprint density at radius 1 is 1.26 bits per heavy atom. The lowest BCUT2D eigenvalue weighted by Gasteiger charge is -2.21. The molecule has 3 N–H and O–H groups in total. The van der Waals surface area contributed by atoms with Crippen LogP contribution in [0.2, 0.25) is 0 Å². The predicted molar refractivity (Wildman–Crippen MR) is 66.0 cm³/mol. The number of rotatable bonds is 5. The molecule has 1 aromatic rings. The summed E-state index contributed by atoms with van der Waals surface area (Å²) >= 11 is 0. The zero-order chi connectivity index (χ0) is 13.8. The highest BCUT2D eigenvalue weighted by atomic mass is 16.5. The smallest absolute Gasteiger partial charge is 0.321 e. The molecule has 0 amide bonds. The Kier molecular flexibility index (Phi) is 4.01. The highest BCUT2D eigenvalue weighted by Gasteiger charge is 2.42. The van der Waals surface area contributed by atoms with Crippen LogP contribution in [0.5, 0.6) is 5.75 Å². The maximum Gasteiger partial charge on any atom is 0.321 e. The molecule has 1 aromatic carbocycles. The van der Waals surface area contributed by atoms with E-state index >= 15 is 0 Å². The molecule has 6 heteroatoms. The lowest BCUT2D eigenvalue weighted by molar-refractivity contribution is -0.142. The summed E-state index contributed by atoms with van der Waals surface area (Å²) in [5.41, 5.74) is 0. The van der Waals surface area contributed by atoms with E-state index in [1.54, 1.807) is 24.3 Å². The highest BCUT2D eigenvalue weighted by molar-refractivity contribution is 5.76. The summed E-state index contributed by atoms with van der Waals surface area (Å²) in [7, 11) is 0. The molecule has 0 spiro atoms. The molecular formula is C13H15NO5. The minimum absolute atomic E-state index is 0.235. The van der Waals surface area contributed by atoms with Crippen molar-refractivity contribution in [1.82, 2.24) is 5.32 Å². The van der Waals surface area contributed by atoms with Gasteiger partial charge in [0.2, 0.25) is 0 Å². The molecule has 19 heavy (non-hydrogen) atoms. The van der Waals surface area contributed by atoms with Gasteiger partial charge in [0.25, 0.3) is 0 Å². The van der Waals surface area contributed by atoms with Gasteiger partial charge in [-0.05, 0) is 12.1 Å². The van der Waals surface area contributed by atoms with Gasteiger partial charge in [-0.2, -0.15) is 0 Å². The minimum Gasteiger partial charge on any atom is -0.489 e. The van der Waals surface area contributed by atoms with E-state index in [2.05, 4.69) is 5.32 Å². The second-order valence-corrected chi connectivity index (χ2v) is 4.46. The first-order valence-corrected chi connectivity index (χ1v) is 5.97. The van der Waals surface area contributed by atoms with Crippen LogP contribution in [-0.4, -0.2) is 40.8 Å². The molecule has 102 valence electrons. The molecule has 0 radical (unpaired) electrons. The van der Waals surface area contributed by atoms with Crippen LogP contribution in [0.4, 0.5) is 0 Å². The summed E-state index contributed by atoms with van der Waals surface area (Å²) in [6.07, 6.45) is -0.693. The number of carboxylic acid groups (broad SMARTS) is 2. The Bertz CT molecular complexity index is 461. The van der Waals surface area contributed by atoms with E-state index in [1.165, 1.54) is 0 Å². The number of ether oxygens (including phenoxy) is 1. The zero-order valence-corrected chi connectivity index (χ0v) is 10.2. The summed E-state index contributed by atoms with van der Waals surface area (Å²) in [4.78, 5) is 21.9. The molecule has 1 heterocycles. The van der Waals surface area contributed by atoms with E-state index in [9.17, 15) is 9.59 Å². The van der Waals surface area contributed by atoms with Crippen LogP contribution >= 0.6 is 0 Å². The van der Waals surface area contributed by atoms with Crippen molar-refractivity contribution >= 4 is 11.9 Å². The van der Waals surface area contributed by atoms with Crippen LogP contribution in [-0.2, 0) is 9.59 Å². The van der Waals surface area contributed by atoms with Crippen molar-refractivity contribution in [2.24, 2.45) is 5.92 Å². The van der Waals surface area contributed by atoms with Gasteiger partial charge in [-0.1, -0.05) is 18.2 Å². The van der Waals surface area contributed by atoms with Gasteiger partial charge in [0.15, 0.2) is 0 Å². The second kappa shape index (κ2) is 5.71. The van der Waals surface area contributed by atoms with Crippen LogP contribution < -0.4 is 10.1 Å². The molecule has 0 aromatic heterocycles. The topological polar surface area (TPSA) is 95.9 Å². The zero-order valence-electron chi connectivity index (χ0n) is 10.2. The standard InChI is InChI=1S/C13H15NO5/c15-11(16)6-9-10(7-14-12(9)13(17)18)19-8-4-2-1-3-5-8/h1-5,9-10,12,14H,6-7H2,(H,15,16)(H,17,18)/t9-,10?,12-/m0/s1. The van der Waals surface area contributed by atoms with E-state index < -0.39 is 30.0 Å². The van der Waals surface area contributed by atoms with Crippen molar-refractivity contribution in [1.29, 1.82) is 0 Å². The number of hydrogen-bond donors (Lipinski definition) is 3. The van der Waals surface area contributed by atoms with Gasteiger partial charge < -0.3 is 20.3 Å². The molecule has 3 atom stereocenters. The molecule has 1 unspecified atom stereocenters. The van der Waals surface area contributed by atoms with Crippen molar-refractivity contribution in [3.63, 3.8) is 0 Å². The fourth-order valence-electron chi connectivity index (χ4n) is 2.28. The van der Waals surface area contributed by atoms with Crippen LogP contribution in [0, 0.1) is 5.92 Å². The number of carbonyl (C=O) groups is 2. The van der Waals surface area contributed by atoms with Crippen molar-refractivity contribution in [3.8, 4) is 5.75 Å². The summed E-state index contributed by atoms with van der Waals surface area (Å²) in [6, 6.07) is 8.08. The molecule has 1 aliphatic heterocycles. The molecule has 1 aliphatic rings. The third kappa shape index (κ3) is 3.23. The first-order chi connectivity index (χ1) is 9.08. The number of carboxylic acids is 2. The Morgan fingerprint density at radius 2 is 1.95 bits per heavy atom. The average Bonchev–Trinajstić information content (AvgIpc) is 2.73. The fourth-order valence-corrected chi connectivity index (χ4v) is 2.28. The van der Waals surface area contributed by atoms with E-state index in [0.29, 0.717) is 12.3 Å². The molecule has 0 saturated carbocycles. The Balaban J connectivity index is 2.10. The van der Waals surface area contributed by atoms with Gasteiger partial charge in [0, 0.05) is 12.5 Å². The van der Waals surface area contributed by atoms with E-state index in [0.717, 1.165) is 0 Å². The van der Waals surface area contributed by atoms with Crippen molar-refractivity contribution in [2.45, 2.75) is 18.6 Å². The van der Waals surface area contributed by atoms with Crippen LogP contribution in [0.15, 0.2) is 30.3 Å². The highest BCUT2D eigenvalue weighted by Crippen LogP contribution is 2.25. The maximum absolute atomic E-state index is 11.1. The van der Waals surface area contributed by atoms with Crippen LogP contribution in [0.1, 0.15) is 6.42 Å². The first-order valence-electron chi connectivity index (χ1n) is 5.97. The fraction of sp³-hybridized carbons (Fsp3) is 0.385. The predicted octanol–water partition coefficient (Wildman–Crippen LogP) is 0.581. The lowest BCUT2D eigenvalue weighted by Crippen LogP contribution is -2.38. The summed E-state index contributed by atoms with van der Waals surface area (Å²) in [5, 5.41) is 20.7. The number of hydrogen-bond acceptors (Lipinski definition) is 4. The van der Waals surface area contributed by atoms with E-state index in [-0.39, 0.29) is 6.42 Å². The Labute approximate surface area is 110 Å². The number of nitrogens with one attached hydrogen (secondary N) is 1. The summed E-state index contributed by atoms with van der Waals surface area (Å²) in [6.45, 7) is 0.323. The van der Waals surface area contributed by atoms with Gasteiger partial charge >= 0.3 is 11.9 Å². The average molecular weight is 265 g/mol. The molecule has 0 aliphatic carbocycles. The number of benzene rings is 1. The molecule has 6 nitrogen and oxygen atoms in total. The normalized spacial score (nSPS) is 26.0. The first kappa shape index (κ1) is 13.4. The Morgan fingerprint density at radius 3 is 2.53 bits per heavy atom. The molecule has 2 rings (SSSR count). The van der Waals surface area contributed by atoms with Crippen molar-refractivity contribution in [3.05, 3.63) is 30.3 Å².